The molecule has 0 atom stereocenters. The number of hydrogen-bond donors (Lipinski definition) is 0. The maximum absolute atomic E-state index is 12.1. The second-order valence-electron chi connectivity index (χ2n) is 5.67. The van der Waals surface area contributed by atoms with Crippen LogP contribution in [-0.2, 0) is 9.53 Å². The molecule has 0 saturated carbocycles. The highest BCUT2D eigenvalue weighted by molar-refractivity contribution is 9.10. The lowest BCUT2D eigenvalue weighted by molar-refractivity contribution is -0.129. The van der Waals surface area contributed by atoms with Gasteiger partial charge < -0.3 is 9.15 Å². The van der Waals surface area contributed by atoms with Gasteiger partial charge in [0.15, 0.2) is 5.70 Å². The number of cyclic esters (lactones) is 1. The van der Waals surface area contributed by atoms with Crippen LogP contribution in [0.4, 0.5) is 0 Å². The number of halogens is 3. The van der Waals surface area contributed by atoms with Crippen LogP contribution >= 0.6 is 39.1 Å². The fraction of sp³-hybridized carbons (Fsp3) is 0. The summed E-state index contributed by atoms with van der Waals surface area (Å²) >= 11 is 15.4. The summed E-state index contributed by atoms with van der Waals surface area (Å²) in [6.07, 6.45) is 1.53. The van der Waals surface area contributed by atoms with Gasteiger partial charge in [0.05, 0.1) is 10.6 Å². The first-order valence-corrected chi connectivity index (χ1v) is 9.38. The minimum Gasteiger partial charge on any atom is -0.457 e. The Balaban J connectivity index is 1.63. The SMILES string of the molecule is O=C1OC(c2ccc(Cl)cc2Cl)=N/C1=C\c1ccc(-c2ccc(Br)cc2)o1. The van der Waals surface area contributed by atoms with Gasteiger partial charge in [-0.05, 0) is 42.5 Å². The fourth-order valence-corrected chi connectivity index (χ4v) is 3.28. The number of carbonyl (C=O) groups is 1. The molecule has 0 amide bonds. The van der Waals surface area contributed by atoms with Crippen molar-refractivity contribution in [2.45, 2.75) is 0 Å². The zero-order valence-electron chi connectivity index (χ0n) is 13.6. The van der Waals surface area contributed by atoms with E-state index in [-0.39, 0.29) is 11.6 Å². The highest BCUT2D eigenvalue weighted by Gasteiger charge is 2.26. The first kappa shape index (κ1) is 18.0. The normalized spacial score (nSPS) is 15.1. The van der Waals surface area contributed by atoms with Crippen LogP contribution < -0.4 is 0 Å². The molecule has 2 aromatic carbocycles. The van der Waals surface area contributed by atoms with Crippen LogP contribution in [0, 0.1) is 0 Å². The number of nitrogens with zero attached hydrogens (tertiary/aromatic N) is 1. The van der Waals surface area contributed by atoms with E-state index in [1.807, 2.05) is 30.3 Å². The molecule has 1 aromatic heterocycles. The van der Waals surface area contributed by atoms with Crippen LogP contribution in [0.2, 0.25) is 10.0 Å². The molecule has 0 radical (unpaired) electrons. The molecule has 0 saturated heterocycles. The monoisotopic (exact) mass is 461 g/mol. The summed E-state index contributed by atoms with van der Waals surface area (Å²) in [6.45, 7) is 0. The third kappa shape index (κ3) is 3.86. The van der Waals surface area contributed by atoms with E-state index in [1.165, 1.54) is 6.08 Å². The van der Waals surface area contributed by atoms with Gasteiger partial charge in [-0.2, -0.15) is 0 Å². The zero-order valence-corrected chi connectivity index (χ0v) is 16.7. The average Bonchev–Trinajstić information content (AvgIpc) is 3.23. The van der Waals surface area contributed by atoms with Gasteiger partial charge in [-0.1, -0.05) is 51.3 Å². The summed E-state index contributed by atoms with van der Waals surface area (Å²) in [7, 11) is 0. The molecule has 0 unspecified atom stereocenters. The van der Waals surface area contributed by atoms with Gasteiger partial charge in [0, 0.05) is 21.1 Å². The quantitative estimate of drug-likeness (QED) is 0.336. The number of carbonyl (C=O) groups excluding carboxylic acids is 1. The summed E-state index contributed by atoms with van der Waals surface area (Å²) in [4.78, 5) is 16.4. The standard InChI is InChI=1S/C20H10BrCl2NO3/c21-12-3-1-11(2-4-12)18-8-6-14(26-18)10-17-20(25)27-19(24-17)15-7-5-13(22)9-16(15)23/h1-10H/b17-10-. The lowest BCUT2D eigenvalue weighted by Crippen LogP contribution is -2.05. The first-order valence-electron chi connectivity index (χ1n) is 7.83. The van der Waals surface area contributed by atoms with E-state index in [0.717, 1.165) is 10.0 Å². The maximum Gasteiger partial charge on any atom is 0.363 e. The van der Waals surface area contributed by atoms with Gasteiger partial charge >= 0.3 is 5.97 Å². The van der Waals surface area contributed by atoms with Crippen molar-refractivity contribution in [1.82, 2.24) is 0 Å². The highest BCUT2D eigenvalue weighted by atomic mass is 79.9. The minimum absolute atomic E-state index is 0.132. The first-order chi connectivity index (χ1) is 13.0. The molecule has 4 rings (SSSR count). The van der Waals surface area contributed by atoms with Crippen molar-refractivity contribution < 1.29 is 13.9 Å². The van der Waals surface area contributed by atoms with Crippen LogP contribution in [0.3, 0.4) is 0 Å². The van der Waals surface area contributed by atoms with E-state index in [9.17, 15) is 4.79 Å². The second-order valence-corrected chi connectivity index (χ2v) is 7.43. The van der Waals surface area contributed by atoms with Crippen molar-refractivity contribution >= 4 is 57.1 Å². The van der Waals surface area contributed by atoms with Crippen LogP contribution in [0.1, 0.15) is 11.3 Å². The molecule has 0 bridgehead atoms. The number of hydrogen-bond acceptors (Lipinski definition) is 4. The van der Waals surface area contributed by atoms with Crippen molar-refractivity contribution in [2.24, 2.45) is 4.99 Å². The second kappa shape index (κ2) is 7.35. The number of aliphatic imine (C=N–C) groups is 1. The number of esters is 1. The molecule has 134 valence electrons. The zero-order chi connectivity index (χ0) is 19.0. The summed E-state index contributed by atoms with van der Waals surface area (Å²) < 4.78 is 12.0. The van der Waals surface area contributed by atoms with Crippen molar-refractivity contribution in [3.63, 3.8) is 0 Å². The lowest BCUT2D eigenvalue weighted by atomic mass is 10.2. The molecule has 0 N–H and O–H groups in total. The Kier molecular flexibility index (Phi) is 4.91. The summed E-state index contributed by atoms with van der Waals surface area (Å²) in [6, 6.07) is 16.2. The van der Waals surface area contributed by atoms with E-state index in [1.54, 1.807) is 24.3 Å². The molecule has 3 aromatic rings. The number of benzene rings is 2. The fourth-order valence-electron chi connectivity index (χ4n) is 2.52. The number of rotatable bonds is 3. The van der Waals surface area contributed by atoms with E-state index >= 15 is 0 Å². The maximum atomic E-state index is 12.1. The Hall–Kier alpha value is -2.34. The van der Waals surface area contributed by atoms with Crippen LogP contribution in [-0.4, -0.2) is 11.9 Å². The number of ether oxygens (including phenoxy) is 1. The van der Waals surface area contributed by atoms with Crippen LogP contribution in [0.5, 0.6) is 0 Å². The molecule has 0 aliphatic carbocycles. The Morgan fingerprint density at radius 2 is 1.78 bits per heavy atom. The van der Waals surface area contributed by atoms with Gasteiger partial charge in [-0.25, -0.2) is 9.79 Å². The predicted molar refractivity (Wildman–Crippen MR) is 109 cm³/mol. The molecular formula is C20H10BrCl2NO3. The van der Waals surface area contributed by atoms with Gasteiger partial charge in [0.2, 0.25) is 5.90 Å². The molecule has 7 heteroatoms. The molecule has 27 heavy (non-hydrogen) atoms. The molecule has 0 spiro atoms. The summed E-state index contributed by atoms with van der Waals surface area (Å²) in [5.41, 5.74) is 1.55. The Bertz CT molecular complexity index is 1100. The summed E-state index contributed by atoms with van der Waals surface area (Å²) in [5, 5.41) is 0.839. The molecule has 1 aliphatic heterocycles. The topological polar surface area (TPSA) is 51.8 Å². The molecule has 0 fully saturated rings. The Morgan fingerprint density at radius 3 is 2.52 bits per heavy atom. The summed E-state index contributed by atoms with van der Waals surface area (Å²) in [5.74, 6) is 0.739. The van der Waals surface area contributed by atoms with Gasteiger partial charge in [-0.15, -0.1) is 0 Å². The molecule has 1 aliphatic rings. The van der Waals surface area contributed by atoms with Gasteiger partial charge in [-0.3, -0.25) is 0 Å². The Morgan fingerprint density at radius 1 is 1.00 bits per heavy atom. The van der Waals surface area contributed by atoms with E-state index < -0.39 is 5.97 Å². The van der Waals surface area contributed by atoms with Crippen molar-refractivity contribution in [3.05, 3.63) is 86.1 Å². The lowest BCUT2D eigenvalue weighted by Gasteiger charge is -2.02. The van der Waals surface area contributed by atoms with Crippen molar-refractivity contribution in [2.75, 3.05) is 0 Å². The Labute approximate surface area is 173 Å². The number of furan rings is 1. The third-order valence-corrected chi connectivity index (χ3v) is 4.89. The minimum atomic E-state index is -0.572. The van der Waals surface area contributed by atoms with Crippen LogP contribution in [0.25, 0.3) is 17.4 Å². The van der Waals surface area contributed by atoms with E-state index in [2.05, 4.69) is 20.9 Å². The van der Waals surface area contributed by atoms with Crippen molar-refractivity contribution in [1.29, 1.82) is 0 Å². The van der Waals surface area contributed by atoms with E-state index in [0.29, 0.717) is 27.1 Å². The van der Waals surface area contributed by atoms with Crippen LogP contribution in [0.15, 0.2) is 74.2 Å². The molecule has 2 heterocycles. The smallest absolute Gasteiger partial charge is 0.363 e. The van der Waals surface area contributed by atoms with Gasteiger partial charge in [0.1, 0.15) is 11.5 Å². The average molecular weight is 463 g/mol. The van der Waals surface area contributed by atoms with Gasteiger partial charge in [0.25, 0.3) is 0 Å². The van der Waals surface area contributed by atoms with Crippen molar-refractivity contribution in [3.8, 4) is 11.3 Å². The highest BCUT2D eigenvalue weighted by Crippen LogP contribution is 2.28. The largest absolute Gasteiger partial charge is 0.457 e. The van der Waals surface area contributed by atoms with E-state index in [4.69, 9.17) is 32.4 Å². The molecular weight excluding hydrogens is 453 g/mol. The predicted octanol–water partition coefficient (Wildman–Crippen LogP) is 6.36. The molecule has 4 nitrogen and oxygen atoms in total. The third-order valence-electron chi connectivity index (χ3n) is 3.82.